The van der Waals surface area contributed by atoms with E-state index in [2.05, 4.69) is 10.3 Å². The standard InChI is InChI=1S/C19H17ClN2O3/c1-24-15-6-3-12(4-7-15)9-18-21-16(19(23)22-18)11-13-10-14(20)5-8-17(13)25-2/h3-8,10-11H,9H2,1-2H3,(H,21,22,23)/b16-11+. The van der Waals surface area contributed by atoms with E-state index < -0.39 is 0 Å². The Morgan fingerprint density at radius 2 is 1.88 bits per heavy atom. The maximum atomic E-state index is 12.2. The van der Waals surface area contributed by atoms with Gasteiger partial charge >= 0.3 is 0 Å². The van der Waals surface area contributed by atoms with E-state index in [1.54, 1.807) is 38.5 Å². The number of methoxy groups -OCH3 is 2. The van der Waals surface area contributed by atoms with Gasteiger partial charge in [-0.15, -0.1) is 0 Å². The predicted octanol–water partition coefficient (Wildman–Crippen LogP) is 3.47. The second-order valence-electron chi connectivity index (χ2n) is 5.45. The minimum atomic E-state index is -0.245. The number of carbonyl (C=O) groups excluding carboxylic acids is 1. The van der Waals surface area contributed by atoms with Gasteiger partial charge in [-0.05, 0) is 42.0 Å². The summed E-state index contributed by atoms with van der Waals surface area (Å²) in [4.78, 5) is 16.6. The molecule has 0 aromatic heterocycles. The number of hydrogen-bond donors (Lipinski definition) is 1. The third kappa shape index (κ3) is 4.00. The van der Waals surface area contributed by atoms with Crippen molar-refractivity contribution in [3.05, 3.63) is 64.3 Å². The molecule has 2 aromatic carbocycles. The number of hydrogen-bond acceptors (Lipinski definition) is 4. The molecule has 1 aliphatic heterocycles. The molecule has 0 fully saturated rings. The Bertz CT molecular complexity index is 857. The molecule has 25 heavy (non-hydrogen) atoms. The molecule has 6 heteroatoms. The van der Waals surface area contributed by atoms with Crippen LogP contribution in [0.15, 0.2) is 53.2 Å². The zero-order valence-electron chi connectivity index (χ0n) is 13.9. The lowest BCUT2D eigenvalue weighted by Gasteiger charge is -2.05. The topological polar surface area (TPSA) is 59.9 Å². The highest BCUT2D eigenvalue weighted by molar-refractivity contribution is 6.30. The SMILES string of the molecule is COc1ccc(CC2=N/C(=C/c3cc(Cl)ccc3OC)C(=O)N2)cc1. The van der Waals surface area contributed by atoms with Crippen LogP contribution in [0.3, 0.4) is 0 Å². The van der Waals surface area contributed by atoms with Crippen LogP contribution in [0.1, 0.15) is 11.1 Å². The van der Waals surface area contributed by atoms with E-state index in [-0.39, 0.29) is 5.91 Å². The summed E-state index contributed by atoms with van der Waals surface area (Å²) in [6.45, 7) is 0. The van der Waals surface area contributed by atoms with E-state index in [0.29, 0.717) is 34.3 Å². The van der Waals surface area contributed by atoms with Crippen molar-refractivity contribution in [2.75, 3.05) is 14.2 Å². The molecular weight excluding hydrogens is 340 g/mol. The van der Waals surface area contributed by atoms with Crippen LogP contribution in [-0.4, -0.2) is 26.0 Å². The first-order valence-corrected chi connectivity index (χ1v) is 8.04. The van der Waals surface area contributed by atoms with E-state index in [1.165, 1.54) is 0 Å². The van der Waals surface area contributed by atoms with Crippen molar-refractivity contribution in [2.45, 2.75) is 6.42 Å². The van der Waals surface area contributed by atoms with Crippen molar-refractivity contribution >= 4 is 29.4 Å². The van der Waals surface area contributed by atoms with Gasteiger partial charge in [0.25, 0.3) is 5.91 Å². The number of carbonyl (C=O) groups is 1. The van der Waals surface area contributed by atoms with Gasteiger partial charge in [0, 0.05) is 17.0 Å². The smallest absolute Gasteiger partial charge is 0.275 e. The fraction of sp³-hybridized carbons (Fsp3) is 0.158. The number of amidine groups is 1. The van der Waals surface area contributed by atoms with Crippen LogP contribution in [0, 0.1) is 0 Å². The molecule has 1 heterocycles. The van der Waals surface area contributed by atoms with E-state index in [1.807, 2.05) is 24.3 Å². The van der Waals surface area contributed by atoms with Crippen molar-refractivity contribution < 1.29 is 14.3 Å². The number of aliphatic imine (C=N–C) groups is 1. The van der Waals surface area contributed by atoms with Crippen LogP contribution >= 0.6 is 11.6 Å². The van der Waals surface area contributed by atoms with Crippen LogP contribution in [0.25, 0.3) is 6.08 Å². The zero-order valence-corrected chi connectivity index (χ0v) is 14.6. The number of nitrogens with zero attached hydrogens (tertiary/aromatic N) is 1. The molecule has 3 rings (SSSR count). The molecule has 0 spiro atoms. The molecule has 0 radical (unpaired) electrons. The molecule has 0 saturated carbocycles. The van der Waals surface area contributed by atoms with E-state index >= 15 is 0 Å². The van der Waals surface area contributed by atoms with Crippen molar-refractivity contribution in [3.8, 4) is 11.5 Å². The summed E-state index contributed by atoms with van der Waals surface area (Å²) in [7, 11) is 3.19. The van der Waals surface area contributed by atoms with Gasteiger partial charge < -0.3 is 14.8 Å². The summed E-state index contributed by atoms with van der Waals surface area (Å²) < 4.78 is 10.4. The van der Waals surface area contributed by atoms with Gasteiger partial charge in [-0.3, -0.25) is 4.79 Å². The van der Waals surface area contributed by atoms with Gasteiger partial charge in [-0.1, -0.05) is 23.7 Å². The van der Waals surface area contributed by atoms with Gasteiger partial charge in [0.05, 0.1) is 14.2 Å². The fourth-order valence-electron chi connectivity index (χ4n) is 2.50. The number of halogens is 1. The number of benzene rings is 2. The maximum Gasteiger partial charge on any atom is 0.275 e. The second-order valence-corrected chi connectivity index (χ2v) is 5.89. The fourth-order valence-corrected chi connectivity index (χ4v) is 2.68. The van der Waals surface area contributed by atoms with Crippen LogP contribution in [-0.2, 0) is 11.2 Å². The highest BCUT2D eigenvalue weighted by Gasteiger charge is 2.20. The highest BCUT2D eigenvalue weighted by atomic mass is 35.5. The minimum absolute atomic E-state index is 0.245. The average molecular weight is 357 g/mol. The summed E-state index contributed by atoms with van der Waals surface area (Å²) in [5, 5.41) is 3.35. The Morgan fingerprint density at radius 1 is 1.12 bits per heavy atom. The number of ether oxygens (including phenoxy) is 2. The molecule has 2 aromatic rings. The zero-order chi connectivity index (χ0) is 17.8. The molecule has 5 nitrogen and oxygen atoms in total. The van der Waals surface area contributed by atoms with Crippen molar-refractivity contribution in [2.24, 2.45) is 4.99 Å². The van der Waals surface area contributed by atoms with Crippen molar-refractivity contribution in [1.29, 1.82) is 0 Å². The third-order valence-electron chi connectivity index (χ3n) is 3.76. The Morgan fingerprint density at radius 3 is 2.56 bits per heavy atom. The predicted molar refractivity (Wildman–Crippen MR) is 98.3 cm³/mol. The second kappa shape index (κ2) is 7.40. The van der Waals surface area contributed by atoms with Crippen molar-refractivity contribution in [3.63, 3.8) is 0 Å². The molecule has 1 N–H and O–H groups in total. The van der Waals surface area contributed by atoms with Gasteiger partial charge in [0.2, 0.25) is 0 Å². The highest BCUT2D eigenvalue weighted by Crippen LogP contribution is 2.26. The van der Waals surface area contributed by atoms with Gasteiger partial charge in [-0.25, -0.2) is 4.99 Å². The lowest BCUT2D eigenvalue weighted by molar-refractivity contribution is -0.115. The molecule has 0 atom stereocenters. The number of rotatable bonds is 5. The van der Waals surface area contributed by atoms with E-state index in [0.717, 1.165) is 11.3 Å². The summed E-state index contributed by atoms with van der Waals surface area (Å²) >= 11 is 6.02. The Balaban J connectivity index is 1.83. The number of nitrogens with one attached hydrogen (secondary N) is 1. The summed E-state index contributed by atoms with van der Waals surface area (Å²) in [5.74, 6) is 1.77. The molecule has 1 amide bonds. The van der Waals surface area contributed by atoms with E-state index in [4.69, 9.17) is 21.1 Å². The summed E-state index contributed by atoms with van der Waals surface area (Å²) in [6, 6.07) is 12.8. The van der Waals surface area contributed by atoms with Gasteiger partial charge in [-0.2, -0.15) is 0 Å². The third-order valence-corrected chi connectivity index (χ3v) is 4.00. The Labute approximate surface area is 150 Å². The maximum absolute atomic E-state index is 12.2. The monoisotopic (exact) mass is 356 g/mol. The van der Waals surface area contributed by atoms with E-state index in [9.17, 15) is 4.79 Å². The summed E-state index contributed by atoms with van der Waals surface area (Å²) in [6.07, 6.45) is 2.20. The van der Waals surface area contributed by atoms with Gasteiger partial charge in [0.1, 0.15) is 23.0 Å². The minimum Gasteiger partial charge on any atom is -0.497 e. The van der Waals surface area contributed by atoms with Crippen LogP contribution in [0.5, 0.6) is 11.5 Å². The average Bonchev–Trinajstić information content (AvgIpc) is 2.95. The molecule has 1 aliphatic rings. The first kappa shape index (κ1) is 17.0. The molecular formula is C19H17ClN2O3. The molecule has 0 saturated heterocycles. The lowest BCUT2D eigenvalue weighted by Crippen LogP contribution is -2.25. The molecule has 128 valence electrons. The van der Waals surface area contributed by atoms with Crippen LogP contribution < -0.4 is 14.8 Å². The number of amides is 1. The summed E-state index contributed by atoms with van der Waals surface area (Å²) in [5.41, 5.74) is 2.06. The Kier molecular flexibility index (Phi) is 5.05. The molecule has 0 bridgehead atoms. The molecule has 0 aliphatic carbocycles. The first-order chi connectivity index (χ1) is 12.1. The molecule has 0 unspecified atom stereocenters. The van der Waals surface area contributed by atoms with Gasteiger partial charge in [0.15, 0.2) is 0 Å². The van der Waals surface area contributed by atoms with Crippen LogP contribution in [0.4, 0.5) is 0 Å². The normalized spacial score (nSPS) is 15.1. The first-order valence-electron chi connectivity index (χ1n) is 7.66. The Hall–Kier alpha value is -2.79. The lowest BCUT2D eigenvalue weighted by atomic mass is 10.1. The quantitative estimate of drug-likeness (QED) is 0.834. The van der Waals surface area contributed by atoms with Crippen LogP contribution in [0.2, 0.25) is 5.02 Å². The van der Waals surface area contributed by atoms with Crippen molar-refractivity contribution in [1.82, 2.24) is 5.32 Å². The largest absolute Gasteiger partial charge is 0.497 e.